The number of thiophene rings is 1. The molecule has 1 aliphatic heterocycles. The van der Waals surface area contributed by atoms with Crippen molar-refractivity contribution in [1.29, 1.82) is 0 Å². The zero-order valence-electron chi connectivity index (χ0n) is 15.6. The van der Waals surface area contributed by atoms with Gasteiger partial charge in [-0.3, -0.25) is 9.69 Å². The van der Waals surface area contributed by atoms with Gasteiger partial charge in [0, 0.05) is 30.9 Å². The Morgan fingerprint density at radius 2 is 2.00 bits per heavy atom. The van der Waals surface area contributed by atoms with Crippen molar-refractivity contribution in [3.05, 3.63) is 57.8 Å². The van der Waals surface area contributed by atoms with Gasteiger partial charge < -0.3 is 10.6 Å². The molecule has 2 heterocycles. The van der Waals surface area contributed by atoms with Crippen molar-refractivity contribution in [3.63, 3.8) is 0 Å². The number of halogens is 2. The molecule has 150 valence electrons. The maximum Gasteiger partial charge on any atom is 0.220 e. The van der Waals surface area contributed by atoms with Crippen LogP contribution < -0.4 is 10.6 Å². The Hall–Kier alpha value is -1.11. The number of fused-ring (bicyclic) bond motifs is 1. The molecule has 0 fully saturated rings. The first-order valence-corrected chi connectivity index (χ1v) is 9.91. The SMILES string of the molecule is CNCCCC(=O)NCC(c1ccccc1)N1CCc2sccc2C1.Cl.Cl. The summed E-state index contributed by atoms with van der Waals surface area (Å²) in [4.78, 5) is 16.1. The summed E-state index contributed by atoms with van der Waals surface area (Å²) in [7, 11) is 1.92. The van der Waals surface area contributed by atoms with Crippen LogP contribution in [-0.2, 0) is 17.8 Å². The molecule has 2 aromatic rings. The predicted octanol–water partition coefficient (Wildman–Crippen LogP) is 3.81. The molecule has 1 amide bonds. The minimum atomic E-state index is 0. The number of hydrogen-bond donors (Lipinski definition) is 2. The molecule has 0 saturated carbocycles. The van der Waals surface area contributed by atoms with E-state index in [9.17, 15) is 4.79 Å². The highest BCUT2D eigenvalue weighted by Crippen LogP contribution is 2.30. The Labute approximate surface area is 178 Å². The summed E-state index contributed by atoms with van der Waals surface area (Å²) >= 11 is 1.86. The summed E-state index contributed by atoms with van der Waals surface area (Å²) in [5, 5.41) is 8.42. The summed E-state index contributed by atoms with van der Waals surface area (Å²) in [6.45, 7) is 3.56. The summed E-state index contributed by atoms with van der Waals surface area (Å²) in [6, 6.07) is 13.0. The number of amides is 1. The van der Waals surface area contributed by atoms with Crippen molar-refractivity contribution < 1.29 is 4.79 Å². The maximum atomic E-state index is 12.1. The topological polar surface area (TPSA) is 44.4 Å². The highest BCUT2D eigenvalue weighted by Gasteiger charge is 2.25. The van der Waals surface area contributed by atoms with E-state index in [0.717, 1.165) is 32.5 Å². The smallest absolute Gasteiger partial charge is 0.220 e. The molecule has 1 aliphatic rings. The van der Waals surface area contributed by atoms with E-state index in [0.29, 0.717) is 13.0 Å². The van der Waals surface area contributed by atoms with Gasteiger partial charge in [0.1, 0.15) is 0 Å². The number of hydrogen-bond acceptors (Lipinski definition) is 4. The lowest BCUT2D eigenvalue weighted by Crippen LogP contribution is -2.40. The van der Waals surface area contributed by atoms with E-state index in [4.69, 9.17) is 0 Å². The van der Waals surface area contributed by atoms with Gasteiger partial charge in [-0.05, 0) is 49.0 Å². The summed E-state index contributed by atoms with van der Waals surface area (Å²) in [6.07, 6.45) is 2.56. The lowest BCUT2D eigenvalue weighted by atomic mass is 10.0. The van der Waals surface area contributed by atoms with E-state index < -0.39 is 0 Å². The van der Waals surface area contributed by atoms with E-state index in [2.05, 4.69) is 51.2 Å². The minimum Gasteiger partial charge on any atom is -0.354 e. The number of benzene rings is 1. The lowest BCUT2D eigenvalue weighted by Gasteiger charge is -2.35. The zero-order valence-corrected chi connectivity index (χ0v) is 18.1. The maximum absolute atomic E-state index is 12.1. The molecule has 0 aliphatic carbocycles. The summed E-state index contributed by atoms with van der Waals surface area (Å²) < 4.78 is 0. The number of carbonyl (C=O) groups excluding carboxylic acids is 1. The van der Waals surface area contributed by atoms with E-state index in [1.807, 2.05) is 24.5 Å². The average Bonchev–Trinajstić information content (AvgIpc) is 3.11. The summed E-state index contributed by atoms with van der Waals surface area (Å²) in [5.41, 5.74) is 2.72. The molecule has 4 nitrogen and oxygen atoms in total. The van der Waals surface area contributed by atoms with Crippen LogP contribution in [0.4, 0.5) is 0 Å². The van der Waals surface area contributed by atoms with Gasteiger partial charge in [-0.1, -0.05) is 30.3 Å². The van der Waals surface area contributed by atoms with E-state index >= 15 is 0 Å². The number of nitrogens with one attached hydrogen (secondary N) is 2. The molecule has 0 saturated heterocycles. The van der Waals surface area contributed by atoms with Crippen LogP contribution in [0.1, 0.15) is 34.9 Å². The van der Waals surface area contributed by atoms with Crippen LogP contribution in [0.5, 0.6) is 0 Å². The molecule has 27 heavy (non-hydrogen) atoms. The van der Waals surface area contributed by atoms with Gasteiger partial charge in [0.25, 0.3) is 0 Å². The fourth-order valence-corrected chi connectivity index (χ4v) is 4.28. The Balaban J connectivity index is 0.00000182. The van der Waals surface area contributed by atoms with Crippen LogP contribution >= 0.6 is 36.2 Å². The molecule has 7 heteroatoms. The second-order valence-corrected chi connectivity index (χ2v) is 7.53. The monoisotopic (exact) mass is 429 g/mol. The Kier molecular flexibility index (Phi) is 11.0. The van der Waals surface area contributed by atoms with Gasteiger partial charge >= 0.3 is 0 Å². The highest BCUT2D eigenvalue weighted by molar-refractivity contribution is 7.10. The lowest BCUT2D eigenvalue weighted by molar-refractivity contribution is -0.121. The van der Waals surface area contributed by atoms with Crippen molar-refractivity contribution >= 4 is 42.1 Å². The number of nitrogens with zero attached hydrogens (tertiary/aromatic N) is 1. The second-order valence-electron chi connectivity index (χ2n) is 6.53. The van der Waals surface area contributed by atoms with Gasteiger partial charge in [0.15, 0.2) is 0 Å². The minimum absolute atomic E-state index is 0. The van der Waals surface area contributed by atoms with Gasteiger partial charge in [-0.15, -0.1) is 36.2 Å². The first-order valence-electron chi connectivity index (χ1n) is 9.03. The normalized spacial score (nSPS) is 14.4. The molecule has 0 radical (unpaired) electrons. The van der Waals surface area contributed by atoms with Gasteiger partial charge in [-0.25, -0.2) is 0 Å². The largest absolute Gasteiger partial charge is 0.354 e. The van der Waals surface area contributed by atoms with E-state index in [1.165, 1.54) is 16.0 Å². The van der Waals surface area contributed by atoms with Crippen LogP contribution in [-0.4, -0.2) is 37.5 Å². The molecule has 1 atom stereocenters. The van der Waals surface area contributed by atoms with Crippen LogP contribution in [0.2, 0.25) is 0 Å². The van der Waals surface area contributed by atoms with Crippen LogP contribution in [0, 0.1) is 0 Å². The Bertz CT molecular complexity index is 681. The fourth-order valence-electron chi connectivity index (χ4n) is 3.39. The van der Waals surface area contributed by atoms with Crippen molar-refractivity contribution in [2.75, 3.05) is 26.7 Å². The molecule has 2 N–H and O–H groups in total. The third kappa shape index (κ3) is 6.77. The number of carbonyl (C=O) groups is 1. The second kappa shape index (κ2) is 12.4. The molecule has 1 aromatic heterocycles. The Morgan fingerprint density at radius 1 is 1.22 bits per heavy atom. The van der Waals surface area contributed by atoms with E-state index in [-0.39, 0.29) is 36.8 Å². The third-order valence-electron chi connectivity index (χ3n) is 4.79. The highest BCUT2D eigenvalue weighted by atomic mass is 35.5. The van der Waals surface area contributed by atoms with Gasteiger partial charge in [0.05, 0.1) is 6.04 Å². The number of rotatable bonds is 8. The quantitative estimate of drug-likeness (QED) is 0.626. The standard InChI is InChI=1S/C20H27N3OS.2ClH/c1-21-11-5-8-20(24)22-14-18(16-6-3-2-4-7-16)23-12-9-19-17(15-23)10-13-25-19;;/h2-4,6-7,10,13,18,21H,5,8-9,11-12,14-15H2,1H3,(H,22,24);2*1H. The van der Waals surface area contributed by atoms with Crippen molar-refractivity contribution in [2.45, 2.75) is 31.8 Å². The molecule has 0 spiro atoms. The van der Waals surface area contributed by atoms with Crippen LogP contribution in [0.25, 0.3) is 0 Å². The first kappa shape index (κ1) is 23.9. The molecule has 1 unspecified atom stereocenters. The predicted molar refractivity (Wildman–Crippen MR) is 118 cm³/mol. The van der Waals surface area contributed by atoms with Crippen LogP contribution in [0.15, 0.2) is 41.8 Å². The third-order valence-corrected chi connectivity index (χ3v) is 5.81. The first-order chi connectivity index (χ1) is 12.3. The van der Waals surface area contributed by atoms with E-state index in [1.54, 1.807) is 0 Å². The fraction of sp³-hybridized carbons (Fsp3) is 0.450. The Morgan fingerprint density at radius 3 is 2.74 bits per heavy atom. The van der Waals surface area contributed by atoms with Gasteiger partial charge in [0.2, 0.25) is 5.91 Å². The summed E-state index contributed by atoms with van der Waals surface area (Å²) in [5.74, 6) is 0.143. The van der Waals surface area contributed by atoms with Crippen molar-refractivity contribution in [1.82, 2.24) is 15.5 Å². The van der Waals surface area contributed by atoms with Crippen molar-refractivity contribution in [3.8, 4) is 0 Å². The average molecular weight is 430 g/mol. The molecule has 3 rings (SSSR count). The molecular weight excluding hydrogens is 401 g/mol. The molecule has 0 bridgehead atoms. The van der Waals surface area contributed by atoms with Gasteiger partial charge in [-0.2, -0.15) is 0 Å². The zero-order chi connectivity index (χ0) is 17.5. The molecular formula is C20H29Cl2N3OS. The molecule has 1 aromatic carbocycles. The van der Waals surface area contributed by atoms with Crippen LogP contribution in [0.3, 0.4) is 0 Å². The van der Waals surface area contributed by atoms with Crippen molar-refractivity contribution in [2.24, 2.45) is 0 Å².